The Bertz CT molecular complexity index is 708. The van der Waals surface area contributed by atoms with Gasteiger partial charge in [-0.2, -0.15) is 0 Å². The van der Waals surface area contributed by atoms with E-state index in [2.05, 4.69) is 20.8 Å². The number of rotatable bonds is 38. The molecule has 1 atom stereocenters. The monoisotopic (exact) mass is 681 g/mol. The van der Waals surface area contributed by atoms with Crippen LogP contribution in [0.5, 0.6) is 0 Å². The summed E-state index contributed by atoms with van der Waals surface area (Å²) in [7, 11) is 0. The fourth-order valence-electron chi connectivity index (χ4n) is 6.15. The van der Waals surface area contributed by atoms with Gasteiger partial charge in [-0.05, 0) is 19.3 Å². The molecular weight excluding hydrogens is 600 g/mol. The van der Waals surface area contributed by atoms with Gasteiger partial charge in [0.1, 0.15) is 13.2 Å². The first kappa shape index (κ1) is 46.4. The van der Waals surface area contributed by atoms with E-state index in [0.29, 0.717) is 19.3 Å². The number of carbonyl (C=O) groups is 3. The average molecular weight is 681 g/mol. The summed E-state index contributed by atoms with van der Waals surface area (Å²) in [5.41, 5.74) is 0. The zero-order valence-corrected chi connectivity index (χ0v) is 32.3. The Hall–Kier alpha value is -1.59. The molecule has 0 spiro atoms. The molecule has 0 fully saturated rings. The Labute approximate surface area is 298 Å². The maximum Gasteiger partial charge on any atom is 0.306 e. The molecule has 0 aromatic heterocycles. The lowest BCUT2D eigenvalue weighted by Crippen LogP contribution is -2.30. The van der Waals surface area contributed by atoms with E-state index in [-0.39, 0.29) is 31.1 Å². The molecule has 284 valence electrons. The lowest BCUT2D eigenvalue weighted by Gasteiger charge is -2.18. The zero-order chi connectivity index (χ0) is 35.2. The number of carbonyl (C=O) groups excluding carboxylic acids is 3. The first-order chi connectivity index (χ1) is 23.5. The highest BCUT2D eigenvalue weighted by Gasteiger charge is 2.19. The Morgan fingerprint density at radius 3 is 0.833 bits per heavy atom. The van der Waals surface area contributed by atoms with Crippen molar-refractivity contribution < 1.29 is 28.6 Å². The van der Waals surface area contributed by atoms with E-state index in [1.165, 1.54) is 135 Å². The van der Waals surface area contributed by atoms with E-state index in [0.717, 1.165) is 57.8 Å². The number of unbranched alkanes of at least 4 members (excludes halogenated alkanes) is 27. The Morgan fingerprint density at radius 2 is 0.562 bits per heavy atom. The molecule has 6 heteroatoms. The summed E-state index contributed by atoms with van der Waals surface area (Å²) in [6.45, 7) is 6.59. The second kappa shape index (κ2) is 38.2. The van der Waals surface area contributed by atoms with Crippen molar-refractivity contribution in [3.05, 3.63) is 0 Å². The molecule has 48 heavy (non-hydrogen) atoms. The van der Waals surface area contributed by atoms with Crippen molar-refractivity contribution in [1.29, 1.82) is 0 Å². The molecule has 0 aliphatic rings. The van der Waals surface area contributed by atoms with Crippen LogP contribution in [0.15, 0.2) is 0 Å². The van der Waals surface area contributed by atoms with Gasteiger partial charge in [0.2, 0.25) is 0 Å². The van der Waals surface area contributed by atoms with Gasteiger partial charge in [-0.25, -0.2) is 0 Å². The Morgan fingerprint density at radius 1 is 0.333 bits per heavy atom. The van der Waals surface area contributed by atoms with Gasteiger partial charge in [0, 0.05) is 19.3 Å². The molecule has 0 aliphatic carbocycles. The van der Waals surface area contributed by atoms with Crippen molar-refractivity contribution in [2.45, 2.75) is 239 Å². The molecular formula is C42H80O6. The Balaban J connectivity index is 4.27. The maximum atomic E-state index is 12.6. The highest BCUT2D eigenvalue weighted by molar-refractivity contribution is 5.71. The van der Waals surface area contributed by atoms with Gasteiger partial charge in [0.15, 0.2) is 6.10 Å². The SMILES string of the molecule is CCCCCCCCCCCCCCC(=O)OC[C@H](COC(=O)CCCCCCCCCCCCC)OC(=O)CCCCCCCCC. The highest BCUT2D eigenvalue weighted by atomic mass is 16.6. The van der Waals surface area contributed by atoms with Crippen molar-refractivity contribution in [3.8, 4) is 0 Å². The van der Waals surface area contributed by atoms with Crippen molar-refractivity contribution in [3.63, 3.8) is 0 Å². The van der Waals surface area contributed by atoms with Crippen molar-refractivity contribution in [1.82, 2.24) is 0 Å². The third kappa shape index (κ3) is 35.7. The quantitative estimate of drug-likeness (QED) is 0.0367. The molecule has 0 amide bonds. The summed E-state index contributed by atoms with van der Waals surface area (Å²) < 4.78 is 16.6. The van der Waals surface area contributed by atoms with Crippen LogP contribution in [-0.4, -0.2) is 37.2 Å². The lowest BCUT2D eigenvalue weighted by atomic mass is 10.0. The van der Waals surface area contributed by atoms with Crippen LogP contribution in [0, 0.1) is 0 Å². The third-order valence-corrected chi connectivity index (χ3v) is 9.36. The molecule has 0 unspecified atom stereocenters. The topological polar surface area (TPSA) is 78.9 Å². The fourth-order valence-corrected chi connectivity index (χ4v) is 6.15. The standard InChI is InChI=1S/C42H80O6/c1-4-7-10-13-16-18-20-22-24-27-29-32-35-41(44)47-38-39(48-42(45)36-33-30-25-15-12-9-6-3)37-46-40(43)34-31-28-26-23-21-19-17-14-11-8-5-2/h39H,4-38H2,1-3H3/t39-/m0/s1. The number of ether oxygens (including phenoxy) is 3. The predicted octanol–water partition coefficient (Wildman–Crippen LogP) is 12.9. The molecule has 0 saturated heterocycles. The van der Waals surface area contributed by atoms with Crippen LogP contribution in [0.4, 0.5) is 0 Å². The maximum absolute atomic E-state index is 12.6. The van der Waals surface area contributed by atoms with Crippen molar-refractivity contribution >= 4 is 17.9 Å². The molecule has 0 heterocycles. The second-order valence-electron chi connectivity index (χ2n) is 14.3. The second-order valence-corrected chi connectivity index (χ2v) is 14.3. The van der Waals surface area contributed by atoms with Gasteiger partial charge in [0.05, 0.1) is 0 Å². The van der Waals surface area contributed by atoms with E-state index < -0.39 is 6.10 Å². The van der Waals surface area contributed by atoms with Gasteiger partial charge in [-0.15, -0.1) is 0 Å². The summed E-state index contributed by atoms with van der Waals surface area (Å²) in [6.07, 6.45) is 36.6. The van der Waals surface area contributed by atoms with E-state index >= 15 is 0 Å². The smallest absolute Gasteiger partial charge is 0.306 e. The minimum Gasteiger partial charge on any atom is -0.462 e. The molecule has 0 saturated carbocycles. The summed E-state index contributed by atoms with van der Waals surface area (Å²) in [6, 6.07) is 0. The van der Waals surface area contributed by atoms with Crippen LogP contribution >= 0.6 is 0 Å². The Kier molecular flexibility index (Phi) is 36.9. The molecule has 0 aliphatic heterocycles. The number of esters is 3. The summed E-state index contributed by atoms with van der Waals surface area (Å²) in [4.78, 5) is 37.4. The largest absolute Gasteiger partial charge is 0.462 e. The van der Waals surface area contributed by atoms with Crippen molar-refractivity contribution in [2.75, 3.05) is 13.2 Å². The minimum atomic E-state index is -0.755. The van der Waals surface area contributed by atoms with Crippen LogP contribution in [0.2, 0.25) is 0 Å². The molecule has 0 bridgehead atoms. The highest BCUT2D eigenvalue weighted by Crippen LogP contribution is 2.15. The average Bonchev–Trinajstić information content (AvgIpc) is 3.08. The molecule has 6 nitrogen and oxygen atoms in total. The fraction of sp³-hybridized carbons (Fsp3) is 0.929. The zero-order valence-electron chi connectivity index (χ0n) is 32.3. The molecule has 0 rings (SSSR count). The number of hydrogen-bond acceptors (Lipinski definition) is 6. The first-order valence-corrected chi connectivity index (χ1v) is 21.0. The lowest BCUT2D eigenvalue weighted by molar-refractivity contribution is -0.167. The molecule has 0 aromatic rings. The van der Waals surface area contributed by atoms with Gasteiger partial charge in [0.25, 0.3) is 0 Å². The van der Waals surface area contributed by atoms with Crippen LogP contribution in [-0.2, 0) is 28.6 Å². The van der Waals surface area contributed by atoms with Crippen LogP contribution in [0.3, 0.4) is 0 Å². The van der Waals surface area contributed by atoms with Crippen LogP contribution in [0.1, 0.15) is 233 Å². The van der Waals surface area contributed by atoms with E-state index in [9.17, 15) is 14.4 Å². The normalized spacial score (nSPS) is 11.8. The van der Waals surface area contributed by atoms with Gasteiger partial charge >= 0.3 is 17.9 Å². The van der Waals surface area contributed by atoms with Crippen molar-refractivity contribution in [2.24, 2.45) is 0 Å². The van der Waals surface area contributed by atoms with Gasteiger partial charge in [-0.3, -0.25) is 14.4 Å². The van der Waals surface area contributed by atoms with E-state index in [1.54, 1.807) is 0 Å². The first-order valence-electron chi connectivity index (χ1n) is 21.0. The minimum absolute atomic E-state index is 0.0639. The van der Waals surface area contributed by atoms with Gasteiger partial charge in [-0.1, -0.05) is 194 Å². The van der Waals surface area contributed by atoms with Crippen LogP contribution < -0.4 is 0 Å². The van der Waals surface area contributed by atoms with E-state index in [4.69, 9.17) is 14.2 Å². The molecule has 0 aromatic carbocycles. The molecule has 0 N–H and O–H groups in total. The predicted molar refractivity (Wildman–Crippen MR) is 201 cm³/mol. The third-order valence-electron chi connectivity index (χ3n) is 9.36. The summed E-state index contributed by atoms with van der Waals surface area (Å²) in [5, 5.41) is 0. The number of hydrogen-bond donors (Lipinski definition) is 0. The van der Waals surface area contributed by atoms with Gasteiger partial charge < -0.3 is 14.2 Å². The van der Waals surface area contributed by atoms with E-state index in [1.807, 2.05) is 0 Å². The molecule has 0 radical (unpaired) electrons. The summed E-state index contributed by atoms with van der Waals surface area (Å²) >= 11 is 0. The summed E-state index contributed by atoms with van der Waals surface area (Å²) in [5.74, 6) is -0.864. The van der Waals surface area contributed by atoms with Crippen LogP contribution in [0.25, 0.3) is 0 Å².